The number of hydrogen-bond donors (Lipinski definition) is 0. The Bertz CT molecular complexity index is 4360. The molecule has 0 fully saturated rings. The fraction of sp³-hybridized carbons (Fsp3) is 0. The first-order valence-electron chi connectivity index (χ1n) is 27.9. The molecule has 0 spiro atoms. The summed E-state index contributed by atoms with van der Waals surface area (Å²) in [6.45, 7) is 0. The Labute approximate surface area is 311 Å². The maximum atomic E-state index is 9.90. The highest BCUT2D eigenvalue weighted by atomic mass is 16.3. The van der Waals surface area contributed by atoms with Crippen molar-refractivity contribution in [2.24, 2.45) is 0 Å². The molecule has 218 valence electrons. The molecule has 1 heteroatoms. The van der Waals surface area contributed by atoms with E-state index in [1.54, 1.807) is 0 Å². The molecule has 0 aliphatic carbocycles. The molecule has 10 aromatic rings. The lowest BCUT2D eigenvalue weighted by atomic mass is 9.85. The van der Waals surface area contributed by atoms with Crippen LogP contribution in [0.4, 0.5) is 0 Å². The van der Waals surface area contributed by atoms with E-state index < -0.39 is 268 Å². The van der Waals surface area contributed by atoms with E-state index in [4.69, 9.17) is 29.1 Å². The summed E-state index contributed by atoms with van der Waals surface area (Å²) in [5.41, 5.74) is -6.06. The Hall–Kier alpha value is -6.18. The van der Waals surface area contributed by atoms with Gasteiger partial charge in [0.15, 0.2) is 0 Å². The van der Waals surface area contributed by atoms with Crippen LogP contribution in [0.2, 0.25) is 0 Å². The van der Waals surface area contributed by atoms with Crippen LogP contribution in [-0.4, -0.2) is 0 Å². The predicted octanol–water partition coefficient (Wildman–Crippen LogP) is 13.2. The zero-order chi connectivity index (χ0) is 55.3. The van der Waals surface area contributed by atoms with E-state index in [0.717, 1.165) is 0 Å². The molecule has 1 nitrogen and oxygen atoms in total. The smallest absolute Gasteiger partial charge is 0.136 e. The van der Waals surface area contributed by atoms with Crippen molar-refractivity contribution in [1.82, 2.24) is 0 Å². The van der Waals surface area contributed by atoms with Gasteiger partial charge in [0.05, 0.1) is 38.4 Å². The van der Waals surface area contributed by atoms with Crippen molar-refractivity contribution in [3.63, 3.8) is 0 Å². The highest BCUT2D eigenvalue weighted by Crippen LogP contribution is 2.45. The minimum absolute atomic E-state index is 0.409. The van der Waals surface area contributed by atoms with Crippen LogP contribution in [-0.2, 0) is 0 Å². The molecule has 0 saturated carbocycles. The van der Waals surface area contributed by atoms with Gasteiger partial charge in [-0.05, 0) is 107 Å². The van der Waals surface area contributed by atoms with Crippen molar-refractivity contribution >= 4 is 65.0 Å². The lowest BCUT2D eigenvalue weighted by Gasteiger charge is -2.18. The second-order valence-corrected chi connectivity index (χ2v) is 10.3. The Morgan fingerprint density at radius 1 is 0.319 bits per heavy atom. The van der Waals surface area contributed by atoms with Gasteiger partial charge in [-0.15, -0.1) is 0 Å². The van der Waals surface area contributed by atoms with Crippen LogP contribution in [0.15, 0.2) is 174 Å². The SMILES string of the molecule is [2H]c1c([2H])c(-c2c([2H])c([2H])c3c([2H])c([2H])c([2H])c([2H])c3c2[2H])c([2H])c(-c2c3c([2H])c([2H])c([2H])c([2H])c3c(-c3c([2H])c([2H])c4oc5c([2H])c([2H])c6c([2H])c([2H])c([2H])c([2H])c6c5c4c3[2H])c3c([2H])c([2H])c([2H])c([2H])c23)c1[2H]. The predicted molar refractivity (Wildman–Crippen MR) is 200 cm³/mol. The Morgan fingerprint density at radius 3 is 1.55 bits per heavy atom. The van der Waals surface area contributed by atoms with Gasteiger partial charge in [0.25, 0.3) is 0 Å². The Balaban J connectivity index is 1.49. The van der Waals surface area contributed by atoms with E-state index in [9.17, 15) is 13.7 Å². The molecule has 0 aliphatic rings. The summed E-state index contributed by atoms with van der Waals surface area (Å²) in [6.07, 6.45) is 0. The molecular formula is C46H28O. The van der Waals surface area contributed by atoms with Crippen LogP contribution >= 0.6 is 0 Å². The quantitative estimate of drug-likeness (QED) is 0.178. The lowest BCUT2D eigenvalue weighted by molar-refractivity contribution is 0.669. The van der Waals surface area contributed by atoms with Gasteiger partial charge in [-0.3, -0.25) is 0 Å². The highest BCUT2D eigenvalue weighted by Gasteiger charge is 2.18. The van der Waals surface area contributed by atoms with Crippen molar-refractivity contribution < 1.29 is 42.8 Å². The molecule has 0 unspecified atom stereocenters. The van der Waals surface area contributed by atoms with Gasteiger partial charge in [0, 0.05) is 10.8 Å². The first-order valence-corrected chi connectivity index (χ1v) is 13.9. The summed E-state index contributed by atoms with van der Waals surface area (Å²) in [6, 6.07) is -25.8. The van der Waals surface area contributed by atoms with Crippen LogP contribution < -0.4 is 0 Å². The maximum absolute atomic E-state index is 9.90. The minimum Gasteiger partial charge on any atom is -0.456 e. The molecule has 0 aliphatic heterocycles. The van der Waals surface area contributed by atoms with E-state index in [0.29, 0.717) is 0 Å². The summed E-state index contributed by atoms with van der Waals surface area (Å²) in [7, 11) is 0. The van der Waals surface area contributed by atoms with Crippen molar-refractivity contribution in [1.29, 1.82) is 0 Å². The first kappa shape index (κ1) is 10.7. The van der Waals surface area contributed by atoms with Crippen LogP contribution in [0, 0.1) is 0 Å². The molecule has 0 amide bonds. The Morgan fingerprint density at radius 2 is 0.830 bits per heavy atom. The van der Waals surface area contributed by atoms with Gasteiger partial charge in [-0.25, -0.2) is 0 Å². The normalized spacial score (nSPS) is 20.2. The topological polar surface area (TPSA) is 13.1 Å². The van der Waals surface area contributed by atoms with Gasteiger partial charge < -0.3 is 4.42 Å². The summed E-state index contributed by atoms with van der Waals surface area (Å²) in [4.78, 5) is 0. The average molecular weight is 625 g/mol. The third-order valence-corrected chi connectivity index (χ3v) is 7.70. The van der Waals surface area contributed by atoms with Gasteiger partial charge in [0.1, 0.15) is 11.2 Å². The van der Waals surface area contributed by atoms with Gasteiger partial charge in [-0.2, -0.15) is 0 Å². The molecule has 0 radical (unpaired) electrons. The summed E-state index contributed by atoms with van der Waals surface area (Å²) < 4.78 is 258. The number of furan rings is 1. The molecule has 0 bridgehead atoms. The zero-order valence-electron chi connectivity index (χ0n) is 51.4. The molecule has 10 rings (SSSR count). The first-order chi connectivity index (χ1) is 35.0. The summed E-state index contributed by atoms with van der Waals surface area (Å²) >= 11 is 0. The number of benzene rings is 9. The lowest BCUT2D eigenvalue weighted by Crippen LogP contribution is -1.91. The number of fused-ring (bicyclic) bond motifs is 8. The molecular weight excluding hydrogens is 569 g/mol. The summed E-state index contributed by atoms with van der Waals surface area (Å²) in [5, 5.41) is -6.12. The monoisotopic (exact) mass is 624 g/mol. The molecule has 0 N–H and O–H groups in total. The van der Waals surface area contributed by atoms with Crippen LogP contribution in [0.25, 0.3) is 98.4 Å². The highest BCUT2D eigenvalue weighted by molar-refractivity contribution is 6.23. The fourth-order valence-corrected chi connectivity index (χ4v) is 5.70. The van der Waals surface area contributed by atoms with E-state index in [2.05, 4.69) is 0 Å². The number of hydrogen-bond acceptors (Lipinski definition) is 1. The summed E-state index contributed by atoms with van der Waals surface area (Å²) in [5.74, 6) is 0. The third kappa shape index (κ3) is 4.03. The molecule has 1 heterocycles. The van der Waals surface area contributed by atoms with Crippen molar-refractivity contribution in [2.45, 2.75) is 0 Å². The third-order valence-electron chi connectivity index (χ3n) is 7.70. The van der Waals surface area contributed by atoms with Crippen LogP contribution in [0.1, 0.15) is 38.4 Å². The largest absolute Gasteiger partial charge is 0.456 e. The maximum Gasteiger partial charge on any atom is 0.136 e. The number of rotatable bonds is 3. The van der Waals surface area contributed by atoms with Crippen LogP contribution in [0.3, 0.4) is 0 Å². The van der Waals surface area contributed by atoms with Crippen molar-refractivity contribution in [2.75, 3.05) is 0 Å². The fourth-order valence-electron chi connectivity index (χ4n) is 5.70. The van der Waals surface area contributed by atoms with Gasteiger partial charge in [0.2, 0.25) is 0 Å². The van der Waals surface area contributed by atoms with Crippen molar-refractivity contribution in [3.05, 3.63) is 169 Å². The standard InChI is InChI=1S/C46H28O/c1-2-12-31-26-33(21-20-29(31)10-1)32-13-9-14-34(27-32)44-37-16-5-7-18-39(37)45(40-19-8-6-17-38(40)44)35-23-24-42-41(28-35)46-36-15-4-3-11-30(36)22-25-43(46)47-42/h1-28H/i1D,2D,3D,4D,5D,6D,7D,8D,9D,10D,11D,12D,13D,14D,15D,16D,17D,18D,19D,20D,21D,22D,23D,24D,25D,26D,27D,28D. The van der Waals surface area contributed by atoms with Gasteiger partial charge >= 0.3 is 0 Å². The molecule has 0 saturated heterocycles. The second-order valence-electron chi connectivity index (χ2n) is 10.3. The molecule has 47 heavy (non-hydrogen) atoms. The molecule has 1 aromatic heterocycles. The van der Waals surface area contributed by atoms with E-state index in [1.807, 2.05) is 0 Å². The Kier molecular flexibility index (Phi) is 2.31. The van der Waals surface area contributed by atoms with Crippen LogP contribution in [0.5, 0.6) is 0 Å². The van der Waals surface area contributed by atoms with E-state index >= 15 is 0 Å². The zero-order valence-corrected chi connectivity index (χ0v) is 23.4. The molecule has 0 atom stereocenters. The van der Waals surface area contributed by atoms with E-state index in [1.165, 1.54) is 0 Å². The van der Waals surface area contributed by atoms with Crippen molar-refractivity contribution in [3.8, 4) is 33.4 Å². The van der Waals surface area contributed by atoms with Gasteiger partial charge in [-0.1, -0.05) is 139 Å². The molecule has 9 aromatic carbocycles. The second kappa shape index (κ2) is 10.2. The minimum atomic E-state index is -1.09. The average Bonchev–Trinajstić information content (AvgIpc) is 3.78. The van der Waals surface area contributed by atoms with E-state index in [-0.39, 0.29) is 0 Å².